The number of ether oxygens (including phenoxy) is 3. The van der Waals surface area contributed by atoms with Gasteiger partial charge in [-0.1, -0.05) is 301 Å². The van der Waals surface area contributed by atoms with Gasteiger partial charge in [-0.15, -0.1) is 0 Å². The van der Waals surface area contributed by atoms with Gasteiger partial charge < -0.3 is 14.2 Å². The second-order valence-corrected chi connectivity index (χ2v) is 22.0. The van der Waals surface area contributed by atoms with Crippen LogP contribution in [0.1, 0.15) is 297 Å². The molecule has 0 aromatic rings. The lowest BCUT2D eigenvalue weighted by Gasteiger charge is -2.18. The zero-order valence-corrected chi connectivity index (χ0v) is 53.2. The summed E-state index contributed by atoms with van der Waals surface area (Å²) in [5.74, 6) is -0.929. The van der Waals surface area contributed by atoms with Crippen LogP contribution in [-0.2, 0) is 28.6 Å². The maximum Gasteiger partial charge on any atom is 0.306 e. The third-order valence-corrected chi connectivity index (χ3v) is 14.1. The van der Waals surface area contributed by atoms with Gasteiger partial charge in [0.25, 0.3) is 0 Å². The summed E-state index contributed by atoms with van der Waals surface area (Å²) in [7, 11) is 0. The molecule has 0 bridgehead atoms. The Morgan fingerprint density at radius 2 is 0.488 bits per heavy atom. The van der Waals surface area contributed by atoms with Crippen molar-refractivity contribution < 1.29 is 28.6 Å². The summed E-state index contributed by atoms with van der Waals surface area (Å²) in [5, 5.41) is 0. The topological polar surface area (TPSA) is 78.9 Å². The second-order valence-electron chi connectivity index (χ2n) is 22.0. The molecular formula is C76H124O6. The van der Waals surface area contributed by atoms with Crippen LogP contribution in [-0.4, -0.2) is 37.2 Å². The summed E-state index contributed by atoms with van der Waals surface area (Å²) in [6, 6.07) is 0. The largest absolute Gasteiger partial charge is 0.462 e. The first-order valence-electron chi connectivity index (χ1n) is 33.8. The van der Waals surface area contributed by atoms with Gasteiger partial charge in [0.1, 0.15) is 13.2 Å². The maximum atomic E-state index is 12.9. The highest BCUT2D eigenvalue weighted by atomic mass is 16.6. The first kappa shape index (κ1) is 77.3. The van der Waals surface area contributed by atoms with E-state index >= 15 is 0 Å². The van der Waals surface area contributed by atoms with Crippen molar-refractivity contribution in [1.82, 2.24) is 0 Å². The smallest absolute Gasteiger partial charge is 0.306 e. The predicted octanol–water partition coefficient (Wildman–Crippen LogP) is 23.5. The summed E-state index contributed by atoms with van der Waals surface area (Å²) in [6.45, 7) is 6.47. The van der Waals surface area contributed by atoms with Gasteiger partial charge in [0.15, 0.2) is 6.10 Å². The number of rotatable bonds is 60. The molecule has 0 aliphatic carbocycles. The normalized spacial score (nSPS) is 13.1. The minimum Gasteiger partial charge on any atom is -0.462 e. The molecule has 0 rings (SSSR count). The molecule has 0 radical (unpaired) electrons. The zero-order valence-electron chi connectivity index (χ0n) is 53.2. The molecular weight excluding hydrogens is 1010 g/mol. The van der Waals surface area contributed by atoms with Crippen LogP contribution in [0.4, 0.5) is 0 Å². The minimum atomic E-state index is -0.798. The van der Waals surface area contributed by atoms with E-state index in [0.29, 0.717) is 19.3 Å². The van der Waals surface area contributed by atoms with Gasteiger partial charge in [0.2, 0.25) is 0 Å². The third-order valence-electron chi connectivity index (χ3n) is 14.1. The summed E-state index contributed by atoms with van der Waals surface area (Å²) in [4.78, 5) is 38.3. The quantitative estimate of drug-likeness (QED) is 0.0261. The summed E-state index contributed by atoms with van der Waals surface area (Å²) >= 11 is 0. The van der Waals surface area contributed by atoms with E-state index in [2.05, 4.69) is 167 Å². The molecule has 464 valence electrons. The summed E-state index contributed by atoms with van der Waals surface area (Å²) in [5.41, 5.74) is 0. The molecule has 0 spiro atoms. The van der Waals surface area contributed by atoms with Gasteiger partial charge in [0.05, 0.1) is 0 Å². The molecule has 0 aromatic carbocycles. The number of hydrogen-bond acceptors (Lipinski definition) is 6. The Balaban J connectivity index is 4.33. The van der Waals surface area contributed by atoms with Gasteiger partial charge in [-0.25, -0.2) is 0 Å². The first-order valence-corrected chi connectivity index (χ1v) is 33.8. The lowest BCUT2D eigenvalue weighted by Crippen LogP contribution is -2.30. The van der Waals surface area contributed by atoms with E-state index in [0.717, 1.165) is 161 Å². The standard InChI is InChI=1S/C76H124O6/c1-4-7-10-13-16-19-22-25-28-29-30-31-32-33-34-35-36-37-38-39-40-41-42-43-44-45-46-47-49-51-54-57-60-63-66-69-75(78)81-72-73(71-80-74(77)68-65-62-59-56-53-50-27-24-21-18-15-12-9-6-3)82-76(79)70-67-64-61-58-55-52-48-26-23-20-17-14-11-8-5-2/h7,10,15-16,18-19,24-25,27-28,30-31,33-34,36-37,39-40,42-43,45-46,49,51,73H,4-6,8-9,11-14,17,20-23,26,29,32,35,38,41,44,47-48,50,52-72H2,1-3H3/b10-7-,18-15-,19-16-,27-24-,28-25-,31-30-,34-33-,37-36-,40-39-,43-42-,46-45-,51-49-. The highest BCUT2D eigenvalue weighted by Crippen LogP contribution is 2.16. The Bertz CT molecular complexity index is 1780. The molecule has 6 heteroatoms. The van der Waals surface area contributed by atoms with Crippen molar-refractivity contribution in [3.63, 3.8) is 0 Å². The van der Waals surface area contributed by atoms with Gasteiger partial charge in [0, 0.05) is 19.3 Å². The van der Waals surface area contributed by atoms with E-state index in [1.54, 1.807) is 0 Å². The van der Waals surface area contributed by atoms with Crippen molar-refractivity contribution in [1.29, 1.82) is 0 Å². The molecule has 0 saturated heterocycles. The monoisotopic (exact) mass is 1130 g/mol. The molecule has 0 aliphatic heterocycles. The molecule has 0 aromatic heterocycles. The van der Waals surface area contributed by atoms with Crippen molar-refractivity contribution >= 4 is 17.9 Å². The predicted molar refractivity (Wildman–Crippen MR) is 357 cm³/mol. The molecule has 0 fully saturated rings. The van der Waals surface area contributed by atoms with Crippen LogP contribution in [0.3, 0.4) is 0 Å². The number of esters is 3. The average molecular weight is 1130 g/mol. The van der Waals surface area contributed by atoms with E-state index in [4.69, 9.17) is 14.2 Å². The van der Waals surface area contributed by atoms with Gasteiger partial charge in [-0.05, 0) is 122 Å². The Morgan fingerprint density at radius 1 is 0.256 bits per heavy atom. The Labute approximate surface area is 506 Å². The fourth-order valence-corrected chi connectivity index (χ4v) is 9.02. The van der Waals surface area contributed by atoms with Crippen LogP contribution < -0.4 is 0 Å². The number of unbranched alkanes of at least 4 members (excludes halogenated alkanes) is 25. The molecule has 0 heterocycles. The van der Waals surface area contributed by atoms with Gasteiger partial charge in [-0.2, -0.15) is 0 Å². The van der Waals surface area contributed by atoms with Crippen LogP contribution in [0.5, 0.6) is 0 Å². The molecule has 82 heavy (non-hydrogen) atoms. The molecule has 1 unspecified atom stereocenters. The summed E-state index contributed by atoms with van der Waals surface area (Å²) in [6.07, 6.45) is 98.6. The first-order chi connectivity index (χ1) is 40.5. The number of allylic oxidation sites excluding steroid dienone is 24. The van der Waals surface area contributed by atoms with Crippen molar-refractivity contribution in [3.8, 4) is 0 Å². The number of carbonyl (C=O) groups is 3. The maximum absolute atomic E-state index is 12.9. The Kier molecular flexibility index (Phi) is 64.8. The van der Waals surface area contributed by atoms with E-state index in [1.165, 1.54) is 96.3 Å². The Hall–Kier alpha value is -4.71. The van der Waals surface area contributed by atoms with Crippen molar-refractivity contribution in [2.45, 2.75) is 303 Å². The van der Waals surface area contributed by atoms with E-state index < -0.39 is 6.10 Å². The van der Waals surface area contributed by atoms with Crippen LogP contribution >= 0.6 is 0 Å². The number of carbonyl (C=O) groups excluding carboxylic acids is 3. The van der Waals surface area contributed by atoms with Crippen molar-refractivity contribution in [2.24, 2.45) is 0 Å². The van der Waals surface area contributed by atoms with Crippen LogP contribution in [0.15, 0.2) is 146 Å². The summed E-state index contributed by atoms with van der Waals surface area (Å²) < 4.78 is 16.9. The van der Waals surface area contributed by atoms with Gasteiger partial charge >= 0.3 is 17.9 Å². The Morgan fingerprint density at radius 3 is 0.780 bits per heavy atom. The highest BCUT2D eigenvalue weighted by Gasteiger charge is 2.19. The van der Waals surface area contributed by atoms with Crippen LogP contribution in [0.25, 0.3) is 0 Å². The van der Waals surface area contributed by atoms with Crippen molar-refractivity contribution in [2.75, 3.05) is 13.2 Å². The van der Waals surface area contributed by atoms with Crippen LogP contribution in [0, 0.1) is 0 Å². The van der Waals surface area contributed by atoms with E-state index in [1.807, 2.05) is 0 Å². The van der Waals surface area contributed by atoms with Crippen LogP contribution in [0.2, 0.25) is 0 Å². The zero-order chi connectivity index (χ0) is 59.2. The lowest BCUT2D eigenvalue weighted by molar-refractivity contribution is -0.167. The molecule has 0 saturated carbocycles. The molecule has 0 aliphatic rings. The molecule has 1 atom stereocenters. The third kappa shape index (κ3) is 66.1. The van der Waals surface area contributed by atoms with E-state index in [-0.39, 0.29) is 31.1 Å². The molecule has 0 amide bonds. The fourth-order valence-electron chi connectivity index (χ4n) is 9.02. The minimum absolute atomic E-state index is 0.0949. The van der Waals surface area contributed by atoms with E-state index in [9.17, 15) is 14.4 Å². The molecule has 0 N–H and O–H groups in total. The highest BCUT2D eigenvalue weighted by molar-refractivity contribution is 5.71. The number of hydrogen-bond donors (Lipinski definition) is 0. The second kappa shape index (κ2) is 68.8. The fraction of sp³-hybridized carbons (Fsp3) is 0.645. The van der Waals surface area contributed by atoms with Gasteiger partial charge in [-0.3, -0.25) is 14.4 Å². The molecule has 6 nitrogen and oxygen atoms in total. The SMILES string of the molecule is CC/C=C\C/C=C\C/C=C\C/C=C\C/C=C\C/C=C\C/C=C\C/C=C\C/C=C\C/C=C\CCCCCCC(=O)OCC(COC(=O)CCCCCCC/C=C\C/C=C\CCCC)OC(=O)CCCCCCCCCCCCCCCCC. The average Bonchev–Trinajstić information content (AvgIpc) is 3.48. The lowest BCUT2D eigenvalue weighted by atomic mass is 10.0. The van der Waals surface area contributed by atoms with Crippen molar-refractivity contribution in [3.05, 3.63) is 146 Å².